The molecule has 106 heavy (non-hydrogen) atoms. The van der Waals surface area contributed by atoms with E-state index in [-0.39, 0.29) is 214 Å². The van der Waals surface area contributed by atoms with E-state index in [4.69, 9.17) is 34.0 Å². The van der Waals surface area contributed by atoms with Gasteiger partial charge in [0.2, 0.25) is 34.4 Å². The van der Waals surface area contributed by atoms with Crippen molar-refractivity contribution in [2.75, 3.05) is 21.3 Å². The van der Waals surface area contributed by atoms with Crippen molar-refractivity contribution in [2.24, 2.45) is 20.5 Å². The maximum atomic E-state index is 13.2. The second-order valence-electron chi connectivity index (χ2n) is 19.7. The molecular weight excluding hydrogens is 1640 g/mol. The van der Waals surface area contributed by atoms with E-state index >= 15 is 0 Å². The molecular formula is C50H38Cl2N18Na6O24S6. The number of hydrogen-bond donors (Lipinski definition) is 10. The van der Waals surface area contributed by atoms with Gasteiger partial charge in [-0.15, -0.1) is 20.5 Å². The van der Waals surface area contributed by atoms with Crippen LogP contribution in [0.4, 0.5) is 69.3 Å². The molecule has 0 fully saturated rings. The first-order valence-electron chi connectivity index (χ1n) is 26.5. The molecule has 0 radical (unpaired) electrons. The number of hydrogen-bond acceptors (Lipinski definition) is 36. The van der Waals surface area contributed by atoms with Crippen LogP contribution in [0, 0.1) is 24.7 Å². The Morgan fingerprint density at radius 1 is 0.472 bits per heavy atom. The normalized spacial score (nSPS) is 11.8. The SMILES string of the molecule is CCn1c([O-])c(C(=N)[O-])c(C)c(N=Nc2cc(Nc3nc(Cl)nc(Nc4ccc(/C=C/c5ccc(Nc6nc(Cl)nc(Nc7cc(N=Nc8c(C)c(C(=N)[O-])c([O-])n(CC)c8=O)c(S(=O)(=O)O)cc7S(=O)(=O)O)n6)cc5S(=O)(=O)[O-])c(S(=O)(=O)[O-])c4)n3)c(S(=O)(=O)O)cc2S(=O)(=O)O)c1=O.[Na+].[Na+].[Na+].[Na+].[Na+].[Na+]. The maximum absolute atomic E-state index is 13.2. The van der Waals surface area contributed by atoms with Crippen LogP contribution in [0.25, 0.3) is 12.2 Å². The Bertz CT molecular complexity index is 5490. The molecule has 0 saturated heterocycles. The first kappa shape index (κ1) is 97.6. The van der Waals surface area contributed by atoms with Gasteiger partial charge in [-0.1, -0.05) is 24.3 Å². The summed E-state index contributed by atoms with van der Waals surface area (Å²) in [6.45, 7) is 4.01. The summed E-state index contributed by atoms with van der Waals surface area (Å²) in [7, 11) is -33.1. The topological polar surface area (TPSA) is 691 Å². The van der Waals surface area contributed by atoms with Crippen molar-refractivity contribution in [2.45, 2.75) is 70.2 Å². The standard InChI is InChI=1S/C50H44Cl2N18O24S6.6Na/c1-5-69-41(73)35(39(53)71)19(3)37(43(69)75)67-65-27-15-25(31(97(83,84)85)17-33(27)99(89,90)91)57-49-61-45(51)59-47(63-49)55-23-11-9-21(29(13-23)95(77,78)79)7-8-22-10-12-24(14-30(22)96(80,81)82)56-48-60-46(52)62-50(64-48)58-26-16-28(34(100(92,93)94)18-32(26)98(86,87)88)66-68-38-20(4)36(40(54)72)42(74)70(6-2)44(38)76;;;;;;/h7-18,73-74H,5-6H2,1-4H3,(H2,53,71)(H2,54,72)(H,77,78,79)(H,80,81,82)(H,83,84,85)(H,86,87,88)(H,89,90,91)(H,92,93,94)(H2,55,57,59,61,63)(H2,56,58,60,62,64);;;;;;/q;6*+1/p-6/b8-7+,67-65?,68-66?;;;;;;. The molecule has 0 aliphatic carbocycles. The van der Waals surface area contributed by atoms with E-state index in [1.165, 1.54) is 13.8 Å². The van der Waals surface area contributed by atoms with Gasteiger partial charge in [-0.05, 0) is 156 Å². The van der Waals surface area contributed by atoms with Gasteiger partial charge in [-0.3, -0.25) is 27.8 Å². The minimum Gasteiger partial charge on any atom is -0.860 e. The molecule has 0 bridgehead atoms. The predicted molar refractivity (Wildman–Crippen MR) is 336 cm³/mol. The molecule has 10 N–H and O–H groups in total. The number of anilines is 8. The second-order valence-corrected chi connectivity index (χ2v) is 28.7. The summed E-state index contributed by atoms with van der Waals surface area (Å²) in [5.41, 5.74) is -11.8. The summed E-state index contributed by atoms with van der Waals surface area (Å²) in [6.07, 6.45) is 1.76. The molecule has 4 heterocycles. The van der Waals surface area contributed by atoms with Crippen molar-refractivity contribution in [1.29, 1.82) is 10.8 Å². The van der Waals surface area contributed by atoms with Gasteiger partial charge >= 0.3 is 177 Å². The average Bonchev–Trinajstić information content (AvgIpc) is 0.780. The Labute approximate surface area is 741 Å². The molecule has 8 aromatic rings. The van der Waals surface area contributed by atoms with Crippen LogP contribution < -0.4 is 230 Å². The summed E-state index contributed by atoms with van der Waals surface area (Å²) in [5.74, 6) is -8.22. The summed E-state index contributed by atoms with van der Waals surface area (Å²) >= 11 is 12.3. The van der Waals surface area contributed by atoms with Gasteiger partial charge in [0.25, 0.3) is 51.6 Å². The third kappa shape index (κ3) is 23.1. The molecule has 4 aromatic heterocycles. The fraction of sp³-hybridized carbons (Fsp3) is 0.120. The number of azo groups is 2. The van der Waals surface area contributed by atoms with Crippen LogP contribution >= 0.6 is 23.2 Å². The van der Waals surface area contributed by atoms with Gasteiger partial charge in [0, 0.05) is 24.5 Å². The van der Waals surface area contributed by atoms with E-state index in [2.05, 4.69) is 71.6 Å². The van der Waals surface area contributed by atoms with E-state index < -0.39 is 227 Å². The van der Waals surface area contributed by atoms with Crippen LogP contribution in [0.3, 0.4) is 0 Å². The summed E-state index contributed by atoms with van der Waals surface area (Å²) in [6, 6.07) is 6.91. The monoisotopic (exact) mass is 1670 g/mol. The van der Waals surface area contributed by atoms with Crippen LogP contribution in [0.1, 0.15) is 47.2 Å². The van der Waals surface area contributed by atoms with Gasteiger partial charge in [0.15, 0.2) is 11.4 Å². The zero-order valence-corrected chi connectivity index (χ0v) is 74.3. The Balaban J connectivity index is 0.00000636. The third-order valence-corrected chi connectivity index (χ3v) is 19.0. The van der Waals surface area contributed by atoms with Crippen molar-refractivity contribution in [3.8, 4) is 11.8 Å². The molecule has 8 rings (SSSR count). The molecule has 42 nitrogen and oxygen atoms in total. The second kappa shape index (κ2) is 38.2. The maximum Gasteiger partial charge on any atom is 1.00 e. The number of aromatic nitrogens is 8. The van der Waals surface area contributed by atoms with Crippen molar-refractivity contribution >= 4 is 177 Å². The molecule has 0 aliphatic rings. The smallest absolute Gasteiger partial charge is 0.860 e. The van der Waals surface area contributed by atoms with Gasteiger partial charge in [-0.25, -0.2) is 16.8 Å². The Morgan fingerprint density at radius 3 is 1.03 bits per heavy atom. The molecule has 0 spiro atoms. The van der Waals surface area contributed by atoms with Crippen LogP contribution in [-0.4, -0.2) is 129 Å². The zero-order chi connectivity index (χ0) is 74.4. The fourth-order valence-electron chi connectivity index (χ4n) is 8.97. The van der Waals surface area contributed by atoms with E-state index in [0.29, 0.717) is 33.4 Å². The number of halogens is 2. The number of rotatable bonds is 24. The van der Waals surface area contributed by atoms with Gasteiger partial charge < -0.3 is 70.8 Å². The first-order valence-corrected chi connectivity index (χ1v) is 35.8. The quantitative estimate of drug-likeness (QED) is 0.00671. The summed E-state index contributed by atoms with van der Waals surface area (Å²) in [4.78, 5) is 42.0. The Morgan fingerprint density at radius 2 is 0.764 bits per heavy atom. The largest absolute Gasteiger partial charge is 1.00 e. The Kier molecular flexibility index (Phi) is 35.1. The molecule has 0 unspecified atom stereocenters. The number of nitrogens with one attached hydrogen (secondary N) is 6. The van der Waals surface area contributed by atoms with Gasteiger partial charge in [0.1, 0.15) is 51.2 Å². The van der Waals surface area contributed by atoms with E-state index in [9.17, 15) is 108 Å². The van der Waals surface area contributed by atoms with E-state index in [0.717, 1.165) is 50.3 Å². The number of pyridine rings is 2. The average molecular weight is 1680 g/mol. The van der Waals surface area contributed by atoms with E-state index in [1.54, 1.807) is 0 Å². The first-order chi connectivity index (χ1) is 46.2. The number of benzene rings is 4. The van der Waals surface area contributed by atoms with Crippen LogP contribution in [0.5, 0.6) is 11.8 Å². The third-order valence-electron chi connectivity index (χ3n) is 13.3. The van der Waals surface area contributed by atoms with Crippen LogP contribution in [0.15, 0.2) is 120 Å². The molecule has 0 amide bonds. The minimum absolute atomic E-state index is 0. The summed E-state index contributed by atoms with van der Waals surface area (Å²) in [5, 5.41) is 87.3. The molecule has 528 valence electrons. The van der Waals surface area contributed by atoms with Crippen molar-refractivity contribution in [1.82, 2.24) is 39.0 Å². The molecule has 0 saturated carbocycles. The van der Waals surface area contributed by atoms with Gasteiger partial charge in [-0.2, -0.15) is 63.6 Å². The van der Waals surface area contributed by atoms with Crippen LogP contribution in [0.2, 0.25) is 10.6 Å². The van der Waals surface area contributed by atoms with Crippen molar-refractivity contribution in [3.63, 3.8) is 0 Å². The summed E-state index contributed by atoms with van der Waals surface area (Å²) < 4.78 is 219. The van der Waals surface area contributed by atoms with Crippen molar-refractivity contribution in [3.05, 3.63) is 125 Å². The predicted octanol–water partition coefficient (Wildman–Crippen LogP) is -15.3. The molecule has 56 heteroatoms. The number of nitrogens with zero attached hydrogens (tertiary/aromatic N) is 12. The molecule has 4 aromatic carbocycles. The van der Waals surface area contributed by atoms with E-state index in [1.807, 2.05) is 0 Å². The molecule has 0 aliphatic heterocycles. The molecule has 0 atom stereocenters. The fourth-order valence-corrected chi connectivity index (χ4v) is 13.4. The van der Waals surface area contributed by atoms with Crippen LogP contribution in [-0.2, 0) is 73.8 Å². The Hall–Kier alpha value is -4.48. The van der Waals surface area contributed by atoms with Crippen molar-refractivity contribution < 1.29 is 276 Å². The zero-order valence-electron chi connectivity index (χ0n) is 55.9. The minimum atomic E-state index is -5.53. The van der Waals surface area contributed by atoms with Gasteiger partial charge in [0.05, 0.1) is 21.2 Å².